The molecule has 2 aliphatic rings. The fourth-order valence-electron chi connectivity index (χ4n) is 3.19. The van der Waals surface area contributed by atoms with Gasteiger partial charge >= 0.3 is 0 Å². The molecule has 0 aliphatic heterocycles. The van der Waals surface area contributed by atoms with Gasteiger partial charge in [-0.2, -0.15) is 0 Å². The molecule has 0 bridgehead atoms. The number of nitrogens with one attached hydrogen (secondary N) is 1. The summed E-state index contributed by atoms with van der Waals surface area (Å²) in [6, 6.07) is 1.62. The Kier molecular flexibility index (Phi) is 4.07. The van der Waals surface area contributed by atoms with Crippen molar-refractivity contribution in [2.75, 3.05) is 0 Å². The highest BCUT2D eigenvalue weighted by atomic mass is 15.0. The summed E-state index contributed by atoms with van der Waals surface area (Å²) in [5.41, 5.74) is 0. The molecule has 0 aromatic rings. The van der Waals surface area contributed by atoms with Gasteiger partial charge in [0.05, 0.1) is 0 Å². The van der Waals surface area contributed by atoms with E-state index in [1.807, 2.05) is 0 Å². The van der Waals surface area contributed by atoms with Gasteiger partial charge in [-0.15, -0.1) is 0 Å². The highest BCUT2D eigenvalue weighted by Crippen LogP contribution is 2.31. The third-order valence-electron chi connectivity index (χ3n) is 4.78. The Balaban J connectivity index is 1.67. The van der Waals surface area contributed by atoms with Crippen molar-refractivity contribution in [3.05, 3.63) is 0 Å². The molecule has 0 spiro atoms. The van der Waals surface area contributed by atoms with E-state index in [0.717, 1.165) is 23.9 Å². The molecular weight excluding hydrogens is 182 g/mol. The Morgan fingerprint density at radius 1 is 1.07 bits per heavy atom. The van der Waals surface area contributed by atoms with Crippen molar-refractivity contribution in [2.45, 2.75) is 77.3 Å². The summed E-state index contributed by atoms with van der Waals surface area (Å²) in [4.78, 5) is 0. The Morgan fingerprint density at radius 3 is 2.20 bits per heavy atom. The summed E-state index contributed by atoms with van der Waals surface area (Å²) in [6.45, 7) is 4.74. The predicted molar refractivity (Wildman–Crippen MR) is 66.0 cm³/mol. The van der Waals surface area contributed by atoms with E-state index in [0.29, 0.717) is 0 Å². The minimum absolute atomic E-state index is 0.780. The molecule has 1 heteroatoms. The molecule has 2 aliphatic carbocycles. The average molecular weight is 209 g/mol. The van der Waals surface area contributed by atoms with E-state index in [2.05, 4.69) is 19.2 Å². The predicted octanol–water partition coefficient (Wildman–Crippen LogP) is 3.73. The quantitative estimate of drug-likeness (QED) is 0.744. The van der Waals surface area contributed by atoms with Crippen LogP contribution in [0.5, 0.6) is 0 Å². The number of hydrogen-bond acceptors (Lipinski definition) is 1. The zero-order valence-electron chi connectivity index (χ0n) is 10.5. The normalized spacial score (nSPS) is 34.8. The SMILES string of the molecule is CCC1CCC(NC(C)C2CCC2)CC1. The van der Waals surface area contributed by atoms with E-state index in [4.69, 9.17) is 0 Å². The van der Waals surface area contributed by atoms with Gasteiger partial charge in [-0.25, -0.2) is 0 Å². The van der Waals surface area contributed by atoms with E-state index in [1.54, 1.807) is 0 Å². The van der Waals surface area contributed by atoms with E-state index in [-0.39, 0.29) is 0 Å². The van der Waals surface area contributed by atoms with Crippen molar-refractivity contribution in [3.63, 3.8) is 0 Å². The standard InChI is InChI=1S/C14H27N/c1-3-12-7-9-14(10-8-12)15-11(2)13-5-4-6-13/h11-15H,3-10H2,1-2H3. The molecule has 1 unspecified atom stereocenters. The topological polar surface area (TPSA) is 12.0 Å². The minimum atomic E-state index is 0.780. The molecule has 1 atom stereocenters. The lowest BCUT2D eigenvalue weighted by atomic mass is 9.79. The fraction of sp³-hybridized carbons (Fsp3) is 1.00. The molecular formula is C14H27N. The summed E-state index contributed by atoms with van der Waals surface area (Å²) < 4.78 is 0. The molecule has 0 saturated heterocycles. The van der Waals surface area contributed by atoms with Crippen molar-refractivity contribution in [3.8, 4) is 0 Å². The first-order valence-electron chi connectivity index (χ1n) is 7.05. The van der Waals surface area contributed by atoms with Crippen LogP contribution >= 0.6 is 0 Å². The maximum absolute atomic E-state index is 3.87. The van der Waals surface area contributed by atoms with Crippen LogP contribution in [-0.2, 0) is 0 Å². The van der Waals surface area contributed by atoms with Crippen molar-refractivity contribution >= 4 is 0 Å². The van der Waals surface area contributed by atoms with Crippen molar-refractivity contribution in [1.82, 2.24) is 5.32 Å². The smallest absolute Gasteiger partial charge is 0.00698 e. The number of rotatable bonds is 4. The van der Waals surface area contributed by atoms with E-state index in [1.165, 1.54) is 51.4 Å². The highest BCUT2D eigenvalue weighted by molar-refractivity contribution is 4.84. The maximum Gasteiger partial charge on any atom is 0.00698 e. The fourth-order valence-corrected chi connectivity index (χ4v) is 3.19. The van der Waals surface area contributed by atoms with Gasteiger partial charge in [0.15, 0.2) is 0 Å². The molecule has 2 rings (SSSR count). The van der Waals surface area contributed by atoms with Gasteiger partial charge in [0, 0.05) is 12.1 Å². The first-order valence-corrected chi connectivity index (χ1v) is 7.05. The molecule has 15 heavy (non-hydrogen) atoms. The Bertz CT molecular complexity index is 178. The third kappa shape index (κ3) is 2.96. The molecule has 1 N–H and O–H groups in total. The zero-order chi connectivity index (χ0) is 10.7. The summed E-state index contributed by atoms with van der Waals surface area (Å²) in [5, 5.41) is 3.87. The van der Waals surface area contributed by atoms with Crippen LogP contribution in [0, 0.1) is 11.8 Å². The van der Waals surface area contributed by atoms with Crippen LogP contribution in [-0.4, -0.2) is 12.1 Å². The highest BCUT2D eigenvalue weighted by Gasteiger charge is 2.27. The molecule has 0 aromatic heterocycles. The van der Waals surface area contributed by atoms with E-state index in [9.17, 15) is 0 Å². The van der Waals surface area contributed by atoms with Crippen LogP contribution in [0.2, 0.25) is 0 Å². The Labute approximate surface area is 95.0 Å². The van der Waals surface area contributed by atoms with Crippen molar-refractivity contribution < 1.29 is 0 Å². The summed E-state index contributed by atoms with van der Waals surface area (Å²) in [7, 11) is 0. The van der Waals surface area contributed by atoms with Gasteiger partial charge in [0.1, 0.15) is 0 Å². The first-order chi connectivity index (χ1) is 7.29. The Morgan fingerprint density at radius 2 is 1.73 bits per heavy atom. The van der Waals surface area contributed by atoms with Crippen LogP contribution in [0.1, 0.15) is 65.2 Å². The van der Waals surface area contributed by atoms with Crippen LogP contribution in [0.25, 0.3) is 0 Å². The van der Waals surface area contributed by atoms with Gasteiger partial charge in [-0.3, -0.25) is 0 Å². The molecule has 0 radical (unpaired) electrons. The third-order valence-corrected chi connectivity index (χ3v) is 4.78. The minimum Gasteiger partial charge on any atom is -0.311 e. The summed E-state index contributed by atoms with van der Waals surface area (Å²) in [5.74, 6) is 2.02. The zero-order valence-corrected chi connectivity index (χ0v) is 10.5. The van der Waals surface area contributed by atoms with Crippen LogP contribution in [0.15, 0.2) is 0 Å². The van der Waals surface area contributed by atoms with E-state index >= 15 is 0 Å². The molecule has 2 saturated carbocycles. The molecule has 1 nitrogen and oxygen atoms in total. The average Bonchev–Trinajstić information content (AvgIpc) is 2.16. The second-order valence-electron chi connectivity index (χ2n) is 5.77. The van der Waals surface area contributed by atoms with Gasteiger partial charge < -0.3 is 5.32 Å². The molecule has 0 heterocycles. The van der Waals surface area contributed by atoms with Gasteiger partial charge in [-0.1, -0.05) is 19.8 Å². The largest absolute Gasteiger partial charge is 0.311 e. The van der Waals surface area contributed by atoms with Gasteiger partial charge in [-0.05, 0) is 57.3 Å². The molecule has 2 fully saturated rings. The van der Waals surface area contributed by atoms with Gasteiger partial charge in [0.2, 0.25) is 0 Å². The van der Waals surface area contributed by atoms with Gasteiger partial charge in [0.25, 0.3) is 0 Å². The summed E-state index contributed by atoms with van der Waals surface area (Å²) >= 11 is 0. The second-order valence-corrected chi connectivity index (χ2v) is 5.77. The molecule has 88 valence electrons. The first kappa shape index (κ1) is 11.4. The maximum atomic E-state index is 3.87. The molecule has 0 amide bonds. The van der Waals surface area contributed by atoms with E-state index < -0.39 is 0 Å². The van der Waals surface area contributed by atoms with Crippen LogP contribution in [0.4, 0.5) is 0 Å². The lowest BCUT2D eigenvalue weighted by Crippen LogP contribution is -2.44. The second kappa shape index (κ2) is 5.34. The number of hydrogen-bond donors (Lipinski definition) is 1. The molecule has 0 aromatic carbocycles. The van der Waals surface area contributed by atoms with Crippen molar-refractivity contribution in [1.29, 1.82) is 0 Å². The van der Waals surface area contributed by atoms with Crippen LogP contribution in [0.3, 0.4) is 0 Å². The van der Waals surface area contributed by atoms with Crippen molar-refractivity contribution in [2.24, 2.45) is 11.8 Å². The van der Waals surface area contributed by atoms with Crippen LogP contribution < -0.4 is 5.32 Å². The monoisotopic (exact) mass is 209 g/mol. The Hall–Kier alpha value is -0.0400. The lowest BCUT2D eigenvalue weighted by molar-refractivity contribution is 0.198. The summed E-state index contributed by atoms with van der Waals surface area (Å²) in [6.07, 6.45) is 11.6. The lowest BCUT2D eigenvalue weighted by Gasteiger charge is -2.37.